The van der Waals surface area contributed by atoms with Crippen molar-refractivity contribution in [3.8, 4) is 0 Å². The molecule has 0 bridgehead atoms. The van der Waals surface area contributed by atoms with Crippen molar-refractivity contribution in [1.82, 2.24) is 15.1 Å². The van der Waals surface area contributed by atoms with Crippen LogP contribution in [0, 0.1) is 17.7 Å². The van der Waals surface area contributed by atoms with Gasteiger partial charge in [0, 0.05) is 51.4 Å². The third kappa shape index (κ3) is 5.63. The van der Waals surface area contributed by atoms with Gasteiger partial charge in [0.25, 0.3) is 0 Å². The van der Waals surface area contributed by atoms with E-state index in [9.17, 15) is 18.8 Å². The number of carbonyl (C=O) groups is 3. The summed E-state index contributed by atoms with van der Waals surface area (Å²) in [6.45, 7) is 7.30. The van der Waals surface area contributed by atoms with Crippen molar-refractivity contribution in [3.63, 3.8) is 0 Å². The summed E-state index contributed by atoms with van der Waals surface area (Å²) < 4.78 is 13.2. The molecule has 3 atom stereocenters. The molecule has 2 N–H and O–H groups in total. The minimum Gasteiger partial charge on any atom is -0.395 e. The molecule has 2 heterocycles. The van der Waals surface area contributed by atoms with Crippen molar-refractivity contribution in [2.24, 2.45) is 11.8 Å². The fraction of sp³-hybridized carbons (Fsp3) is 0.609. The van der Waals surface area contributed by atoms with Crippen molar-refractivity contribution >= 4 is 23.4 Å². The number of aliphatic hydroxyl groups excluding tert-OH is 1. The first-order valence-electron chi connectivity index (χ1n) is 11.3. The second-order valence-corrected chi connectivity index (χ2v) is 8.64. The number of β-amino-alcohol motifs (C(OH)–C–C–N with tert-alkyl or cyclic N) is 1. The Morgan fingerprint density at radius 2 is 1.84 bits per heavy atom. The molecule has 9 heteroatoms. The number of amides is 3. The van der Waals surface area contributed by atoms with E-state index in [-0.39, 0.29) is 49.0 Å². The van der Waals surface area contributed by atoms with E-state index in [1.54, 1.807) is 4.90 Å². The van der Waals surface area contributed by atoms with Gasteiger partial charge in [-0.2, -0.15) is 0 Å². The van der Waals surface area contributed by atoms with Crippen LogP contribution in [-0.2, 0) is 14.4 Å². The predicted molar refractivity (Wildman–Crippen MR) is 118 cm³/mol. The van der Waals surface area contributed by atoms with Crippen LogP contribution >= 0.6 is 0 Å². The summed E-state index contributed by atoms with van der Waals surface area (Å²) in [4.78, 5) is 44.1. The summed E-state index contributed by atoms with van der Waals surface area (Å²) in [5, 5.41) is 12.0. The van der Waals surface area contributed by atoms with Crippen LogP contribution in [0.5, 0.6) is 0 Å². The highest BCUT2D eigenvalue weighted by molar-refractivity contribution is 6.01. The topological polar surface area (TPSA) is 93.2 Å². The van der Waals surface area contributed by atoms with E-state index in [0.717, 1.165) is 6.42 Å². The zero-order valence-electron chi connectivity index (χ0n) is 18.8. The smallest absolute Gasteiger partial charge is 0.245 e. The summed E-state index contributed by atoms with van der Waals surface area (Å²) in [5.74, 6) is -1.60. The molecule has 2 fully saturated rings. The summed E-state index contributed by atoms with van der Waals surface area (Å²) in [5.41, 5.74) is 0.557. The first kappa shape index (κ1) is 24.1. The maximum Gasteiger partial charge on any atom is 0.245 e. The Balaban J connectivity index is 1.63. The van der Waals surface area contributed by atoms with E-state index in [0.29, 0.717) is 38.4 Å². The Kier molecular flexibility index (Phi) is 8.20. The molecule has 0 aliphatic carbocycles. The molecule has 2 saturated heterocycles. The van der Waals surface area contributed by atoms with Gasteiger partial charge >= 0.3 is 0 Å². The number of hydrogen-bond donors (Lipinski definition) is 2. The Morgan fingerprint density at radius 3 is 2.44 bits per heavy atom. The van der Waals surface area contributed by atoms with Gasteiger partial charge in [-0.15, -0.1) is 0 Å². The van der Waals surface area contributed by atoms with E-state index in [2.05, 4.69) is 10.2 Å². The fourth-order valence-corrected chi connectivity index (χ4v) is 4.24. The van der Waals surface area contributed by atoms with Gasteiger partial charge in [0.05, 0.1) is 12.5 Å². The Bertz CT molecular complexity index is 811. The molecule has 176 valence electrons. The summed E-state index contributed by atoms with van der Waals surface area (Å²) in [6.07, 6.45) is 0.789. The molecule has 1 aromatic carbocycles. The molecule has 3 rings (SSSR count). The maximum atomic E-state index is 13.2. The van der Waals surface area contributed by atoms with E-state index >= 15 is 0 Å². The number of piperazine rings is 1. The van der Waals surface area contributed by atoms with Gasteiger partial charge in [0.1, 0.15) is 11.9 Å². The van der Waals surface area contributed by atoms with Gasteiger partial charge in [0.2, 0.25) is 17.7 Å². The molecular weight excluding hydrogens is 415 g/mol. The molecule has 1 aromatic rings. The highest BCUT2D eigenvalue weighted by Crippen LogP contribution is 2.26. The van der Waals surface area contributed by atoms with Gasteiger partial charge in [-0.05, 0) is 30.2 Å². The van der Waals surface area contributed by atoms with E-state index in [4.69, 9.17) is 5.11 Å². The van der Waals surface area contributed by atoms with Crippen LogP contribution < -0.4 is 10.2 Å². The SMILES string of the molecule is CC[C@@H](C)[C@H](NC(=O)[C@H]1CC(=O)N(c2ccc(F)cc2)C1)C(=O)N1CCN(CCO)CC1. The van der Waals surface area contributed by atoms with Crippen LogP contribution in [0.25, 0.3) is 0 Å². The molecule has 8 nitrogen and oxygen atoms in total. The molecule has 3 amide bonds. The van der Waals surface area contributed by atoms with Crippen LogP contribution in [-0.4, -0.2) is 84.5 Å². The monoisotopic (exact) mass is 448 g/mol. The molecular formula is C23H33FN4O4. The van der Waals surface area contributed by atoms with Crippen molar-refractivity contribution in [3.05, 3.63) is 30.1 Å². The van der Waals surface area contributed by atoms with Gasteiger partial charge in [-0.25, -0.2) is 4.39 Å². The standard InChI is InChI=1S/C23H33FN4O4/c1-3-16(2)21(23(32)27-10-8-26(9-11-27)12-13-29)25-22(31)17-14-20(30)28(15-17)19-6-4-18(24)5-7-19/h4-7,16-17,21,29H,3,8-15H2,1-2H3,(H,25,31)/t16-,17+,21+/m1/s1. The van der Waals surface area contributed by atoms with Crippen LogP contribution in [0.4, 0.5) is 10.1 Å². The van der Waals surface area contributed by atoms with E-state index in [1.165, 1.54) is 29.2 Å². The number of carbonyl (C=O) groups excluding carboxylic acids is 3. The van der Waals surface area contributed by atoms with Gasteiger partial charge in [-0.1, -0.05) is 20.3 Å². The zero-order valence-corrected chi connectivity index (χ0v) is 18.8. The third-order valence-corrected chi connectivity index (χ3v) is 6.51. The molecule has 32 heavy (non-hydrogen) atoms. The fourth-order valence-electron chi connectivity index (χ4n) is 4.24. The predicted octanol–water partition coefficient (Wildman–Crippen LogP) is 0.846. The van der Waals surface area contributed by atoms with E-state index in [1.807, 2.05) is 13.8 Å². The number of nitrogens with one attached hydrogen (secondary N) is 1. The molecule has 0 saturated carbocycles. The van der Waals surface area contributed by atoms with E-state index < -0.39 is 12.0 Å². The second kappa shape index (κ2) is 10.9. The second-order valence-electron chi connectivity index (χ2n) is 8.64. The molecule has 2 aliphatic rings. The minimum atomic E-state index is -0.646. The lowest BCUT2D eigenvalue weighted by molar-refractivity contribution is -0.140. The zero-order chi connectivity index (χ0) is 23.3. The Morgan fingerprint density at radius 1 is 1.19 bits per heavy atom. The van der Waals surface area contributed by atoms with Crippen molar-refractivity contribution < 1.29 is 23.9 Å². The number of halogens is 1. The number of anilines is 1. The largest absolute Gasteiger partial charge is 0.395 e. The Labute approximate surface area is 188 Å². The lowest BCUT2D eigenvalue weighted by atomic mass is 9.96. The van der Waals surface area contributed by atoms with Crippen LogP contribution in [0.2, 0.25) is 0 Å². The minimum absolute atomic E-state index is 0.0489. The van der Waals surface area contributed by atoms with Crippen molar-refractivity contribution in [1.29, 1.82) is 0 Å². The van der Waals surface area contributed by atoms with Crippen LogP contribution in [0.1, 0.15) is 26.7 Å². The lowest BCUT2D eigenvalue weighted by Crippen LogP contribution is -2.57. The number of rotatable bonds is 8. The molecule has 2 aliphatic heterocycles. The van der Waals surface area contributed by atoms with Gasteiger partial charge in [0.15, 0.2) is 0 Å². The van der Waals surface area contributed by atoms with Gasteiger partial charge < -0.3 is 20.2 Å². The number of hydrogen-bond acceptors (Lipinski definition) is 5. The maximum absolute atomic E-state index is 13.2. The van der Waals surface area contributed by atoms with Crippen molar-refractivity contribution in [2.45, 2.75) is 32.7 Å². The molecule has 0 aromatic heterocycles. The average Bonchev–Trinajstić information content (AvgIpc) is 3.19. The molecule has 0 spiro atoms. The number of nitrogens with zero attached hydrogens (tertiary/aromatic N) is 3. The number of aliphatic hydroxyl groups is 1. The normalized spacial score (nSPS) is 21.5. The first-order chi connectivity index (χ1) is 15.3. The highest BCUT2D eigenvalue weighted by atomic mass is 19.1. The lowest BCUT2D eigenvalue weighted by Gasteiger charge is -2.37. The summed E-state index contributed by atoms with van der Waals surface area (Å²) in [6, 6.07) is 4.97. The van der Waals surface area contributed by atoms with Gasteiger partial charge in [-0.3, -0.25) is 19.3 Å². The van der Waals surface area contributed by atoms with Crippen LogP contribution in [0.3, 0.4) is 0 Å². The first-order valence-corrected chi connectivity index (χ1v) is 11.3. The summed E-state index contributed by atoms with van der Waals surface area (Å²) >= 11 is 0. The highest BCUT2D eigenvalue weighted by Gasteiger charge is 2.38. The average molecular weight is 449 g/mol. The Hall–Kier alpha value is -2.52. The molecule has 0 radical (unpaired) electrons. The third-order valence-electron chi connectivity index (χ3n) is 6.51. The quantitative estimate of drug-likeness (QED) is 0.615. The number of benzene rings is 1. The molecule has 0 unspecified atom stereocenters. The van der Waals surface area contributed by atoms with Crippen LogP contribution in [0.15, 0.2) is 24.3 Å². The van der Waals surface area contributed by atoms with Crippen molar-refractivity contribution in [2.75, 3.05) is 50.8 Å². The summed E-state index contributed by atoms with van der Waals surface area (Å²) in [7, 11) is 0.